The molecule has 0 radical (unpaired) electrons. The minimum atomic E-state index is -0.0969. The molecular formula is C16H30O. The third kappa shape index (κ3) is 2.41. The van der Waals surface area contributed by atoms with Crippen LogP contribution >= 0.6 is 0 Å². The summed E-state index contributed by atoms with van der Waals surface area (Å²) < 4.78 is 0. The van der Waals surface area contributed by atoms with Gasteiger partial charge in [0, 0.05) is 0 Å². The van der Waals surface area contributed by atoms with Gasteiger partial charge in [-0.1, -0.05) is 47.5 Å². The van der Waals surface area contributed by atoms with Gasteiger partial charge in [-0.15, -0.1) is 0 Å². The summed E-state index contributed by atoms with van der Waals surface area (Å²) in [5.74, 6) is 3.80. The second kappa shape index (κ2) is 4.57. The Morgan fingerprint density at radius 1 is 1.12 bits per heavy atom. The molecule has 0 bridgehead atoms. The Balaban J connectivity index is 1.94. The molecule has 2 saturated carbocycles. The molecule has 1 nitrogen and oxygen atoms in total. The van der Waals surface area contributed by atoms with E-state index < -0.39 is 0 Å². The fourth-order valence-electron chi connectivity index (χ4n) is 3.79. The van der Waals surface area contributed by atoms with Gasteiger partial charge in [-0.25, -0.2) is 0 Å². The van der Waals surface area contributed by atoms with Crippen molar-refractivity contribution in [3.05, 3.63) is 0 Å². The first-order valence-electron chi connectivity index (χ1n) is 7.53. The second-order valence-electron chi connectivity index (χ2n) is 7.56. The van der Waals surface area contributed by atoms with E-state index in [0.29, 0.717) is 11.8 Å². The molecule has 1 N–H and O–H groups in total. The lowest BCUT2D eigenvalue weighted by Crippen LogP contribution is -2.36. The Labute approximate surface area is 107 Å². The summed E-state index contributed by atoms with van der Waals surface area (Å²) in [6, 6.07) is 0. The van der Waals surface area contributed by atoms with Gasteiger partial charge in [0.15, 0.2) is 0 Å². The van der Waals surface area contributed by atoms with E-state index in [-0.39, 0.29) is 11.5 Å². The third-order valence-electron chi connectivity index (χ3n) is 6.02. The number of rotatable bonds is 4. The molecule has 0 saturated heterocycles. The molecular weight excluding hydrogens is 208 g/mol. The normalized spacial score (nSPS) is 39.7. The summed E-state index contributed by atoms with van der Waals surface area (Å²) in [5, 5.41) is 10.6. The molecule has 2 fully saturated rings. The summed E-state index contributed by atoms with van der Waals surface area (Å²) in [6.07, 6.45) is 5.43. The van der Waals surface area contributed by atoms with Crippen LogP contribution in [0.3, 0.4) is 0 Å². The smallest absolute Gasteiger partial charge is 0.0624 e. The van der Waals surface area contributed by atoms with Crippen LogP contribution in [0.25, 0.3) is 0 Å². The van der Waals surface area contributed by atoms with Crippen LogP contribution in [0.2, 0.25) is 0 Å². The van der Waals surface area contributed by atoms with Crippen LogP contribution in [-0.2, 0) is 0 Å². The largest absolute Gasteiger partial charge is 0.392 e. The van der Waals surface area contributed by atoms with E-state index in [2.05, 4.69) is 34.6 Å². The maximum absolute atomic E-state index is 10.6. The number of aliphatic hydroxyl groups excluding tert-OH is 1. The number of hydrogen-bond donors (Lipinski definition) is 1. The second-order valence-corrected chi connectivity index (χ2v) is 7.56. The van der Waals surface area contributed by atoms with Crippen molar-refractivity contribution >= 4 is 0 Å². The molecule has 2 aliphatic rings. The lowest BCUT2D eigenvalue weighted by molar-refractivity contribution is -0.00526. The number of hydrogen-bond acceptors (Lipinski definition) is 1. The van der Waals surface area contributed by atoms with Crippen LogP contribution in [0.5, 0.6) is 0 Å². The maximum Gasteiger partial charge on any atom is 0.0624 e. The molecule has 2 rings (SSSR count). The molecule has 0 heterocycles. The van der Waals surface area contributed by atoms with Gasteiger partial charge in [0.1, 0.15) is 0 Å². The molecule has 0 aromatic rings. The van der Waals surface area contributed by atoms with Crippen molar-refractivity contribution in [2.75, 3.05) is 0 Å². The third-order valence-corrected chi connectivity index (χ3v) is 6.02. The topological polar surface area (TPSA) is 20.2 Å². The number of aliphatic hydroxyl groups is 1. The van der Waals surface area contributed by atoms with Crippen LogP contribution in [-0.4, -0.2) is 11.2 Å². The molecule has 1 heteroatoms. The monoisotopic (exact) mass is 238 g/mol. The van der Waals surface area contributed by atoms with Crippen molar-refractivity contribution in [1.29, 1.82) is 0 Å². The fourth-order valence-corrected chi connectivity index (χ4v) is 3.79. The quantitative estimate of drug-likeness (QED) is 0.781. The average molecular weight is 238 g/mol. The van der Waals surface area contributed by atoms with Gasteiger partial charge < -0.3 is 5.11 Å². The van der Waals surface area contributed by atoms with E-state index in [4.69, 9.17) is 0 Å². The first-order valence-corrected chi connectivity index (χ1v) is 7.53. The zero-order valence-electron chi connectivity index (χ0n) is 12.2. The molecule has 17 heavy (non-hydrogen) atoms. The Hall–Kier alpha value is -0.0400. The summed E-state index contributed by atoms with van der Waals surface area (Å²) >= 11 is 0. The Morgan fingerprint density at radius 3 is 2.24 bits per heavy atom. The SMILES string of the molecule is CC1CCCC1C1C[C@@H]1C(O)C(C)(C)C(C)C. The molecule has 4 unspecified atom stereocenters. The van der Waals surface area contributed by atoms with Gasteiger partial charge in [0.25, 0.3) is 0 Å². The van der Waals surface area contributed by atoms with Gasteiger partial charge in [-0.2, -0.15) is 0 Å². The van der Waals surface area contributed by atoms with Crippen LogP contribution in [0.1, 0.15) is 60.3 Å². The molecule has 0 amide bonds. The molecule has 0 spiro atoms. The minimum Gasteiger partial charge on any atom is -0.392 e. The predicted molar refractivity (Wildman–Crippen MR) is 72.7 cm³/mol. The highest BCUT2D eigenvalue weighted by Gasteiger charge is 2.53. The molecule has 5 atom stereocenters. The van der Waals surface area contributed by atoms with Gasteiger partial charge in [-0.3, -0.25) is 0 Å². The van der Waals surface area contributed by atoms with Crippen molar-refractivity contribution in [2.24, 2.45) is 35.0 Å². The summed E-state index contributed by atoms with van der Waals surface area (Å²) in [4.78, 5) is 0. The van der Waals surface area contributed by atoms with Crippen molar-refractivity contribution < 1.29 is 5.11 Å². The van der Waals surface area contributed by atoms with Crippen molar-refractivity contribution in [3.8, 4) is 0 Å². The highest BCUT2D eigenvalue weighted by atomic mass is 16.3. The van der Waals surface area contributed by atoms with Crippen LogP contribution < -0.4 is 0 Å². The lowest BCUT2D eigenvalue weighted by Gasteiger charge is -2.35. The summed E-state index contributed by atoms with van der Waals surface area (Å²) in [6.45, 7) is 11.3. The van der Waals surface area contributed by atoms with Gasteiger partial charge in [0.2, 0.25) is 0 Å². The van der Waals surface area contributed by atoms with Gasteiger partial charge in [0.05, 0.1) is 6.10 Å². The standard InChI is InChI=1S/C16H30O/c1-10(2)16(4,5)15(17)14-9-13(14)12-8-6-7-11(12)3/h10-15,17H,6-9H2,1-5H3/t11?,12?,13?,14-,15?/m0/s1. The van der Waals surface area contributed by atoms with Crippen molar-refractivity contribution in [2.45, 2.75) is 66.4 Å². The first kappa shape index (κ1) is 13.4. The van der Waals surface area contributed by atoms with Crippen molar-refractivity contribution in [1.82, 2.24) is 0 Å². The average Bonchev–Trinajstić information content (AvgIpc) is 2.93. The van der Waals surface area contributed by atoms with E-state index in [0.717, 1.165) is 17.8 Å². The Kier molecular flexibility index (Phi) is 3.60. The lowest BCUT2D eigenvalue weighted by atomic mass is 9.73. The molecule has 0 aliphatic heterocycles. The van der Waals surface area contributed by atoms with Gasteiger partial charge >= 0.3 is 0 Å². The zero-order chi connectivity index (χ0) is 12.8. The molecule has 0 aromatic heterocycles. The van der Waals surface area contributed by atoms with E-state index in [9.17, 15) is 5.11 Å². The van der Waals surface area contributed by atoms with Crippen LogP contribution in [0, 0.1) is 35.0 Å². The van der Waals surface area contributed by atoms with Crippen LogP contribution in [0.15, 0.2) is 0 Å². The maximum atomic E-state index is 10.6. The summed E-state index contributed by atoms with van der Waals surface area (Å²) in [5.41, 5.74) is 0.0707. The Morgan fingerprint density at radius 2 is 1.76 bits per heavy atom. The van der Waals surface area contributed by atoms with E-state index >= 15 is 0 Å². The minimum absolute atomic E-state index is 0.0707. The summed E-state index contributed by atoms with van der Waals surface area (Å²) in [7, 11) is 0. The highest BCUT2D eigenvalue weighted by molar-refractivity contribution is 5.02. The van der Waals surface area contributed by atoms with Gasteiger partial charge in [-0.05, 0) is 47.8 Å². The Bertz CT molecular complexity index is 269. The zero-order valence-corrected chi connectivity index (χ0v) is 12.2. The first-order chi connectivity index (χ1) is 7.85. The molecule has 100 valence electrons. The van der Waals surface area contributed by atoms with E-state index in [1.165, 1.54) is 25.7 Å². The molecule has 2 aliphatic carbocycles. The fraction of sp³-hybridized carbons (Fsp3) is 1.00. The van der Waals surface area contributed by atoms with E-state index in [1.807, 2.05) is 0 Å². The molecule has 0 aromatic carbocycles. The van der Waals surface area contributed by atoms with Crippen LogP contribution in [0.4, 0.5) is 0 Å². The van der Waals surface area contributed by atoms with Crippen molar-refractivity contribution in [3.63, 3.8) is 0 Å². The van der Waals surface area contributed by atoms with E-state index in [1.54, 1.807) is 0 Å². The highest BCUT2D eigenvalue weighted by Crippen LogP contribution is 2.56. The predicted octanol–water partition coefficient (Wildman–Crippen LogP) is 4.10.